The number of nitrogens with one attached hydrogen (secondary N) is 2. The molecule has 128 valence electrons. The Kier molecular flexibility index (Phi) is 5.44. The molecule has 5 nitrogen and oxygen atoms in total. The van der Waals surface area contributed by atoms with Crippen molar-refractivity contribution in [1.82, 2.24) is 10.6 Å². The summed E-state index contributed by atoms with van der Waals surface area (Å²) in [6, 6.07) is 10.4. The number of amides is 2. The van der Waals surface area contributed by atoms with Gasteiger partial charge < -0.3 is 15.1 Å². The summed E-state index contributed by atoms with van der Waals surface area (Å²) < 4.78 is 5.15. The predicted octanol–water partition coefficient (Wildman–Crippen LogP) is 3.01. The molecular weight excluding hydrogens is 304 g/mol. The van der Waals surface area contributed by atoms with E-state index in [9.17, 15) is 9.59 Å². The van der Waals surface area contributed by atoms with E-state index in [1.807, 2.05) is 12.1 Å². The average Bonchev–Trinajstić information content (AvgIpc) is 3.05. The van der Waals surface area contributed by atoms with E-state index in [1.165, 1.54) is 0 Å². The molecule has 0 spiro atoms. The second kappa shape index (κ2) is 7.34. The summed E-state index contributed by atoms with van der Waals surface area (Å²) >= 11 is 0. The molecule has 0 aliphatic rings. The molecule has 2 aromatic rings. The molecule has 2 rings (SSSR count). The van der Waals surface area contributed by atoms with Gasteiger partial charge in [0.1, 0.15) is 11.8 Å². The first-order chi connectivity index (χ1) is 11.3. The van der Waals surface area contributed by atoms with Crippen molar-refractivity contribution in [1.29, 1.82) is 0 Å². The molecule has 2 amide bonds. The molecule has 1 atom stereocenters. The van der Waals surface area contributed by atoms with Crippen molar-refractivity contribution in [2.75, 3.05) is 0 Å². The van der Waals surface area contributed by atoms with Crippen LogP contribution in [0.25, 0.3) is 0 Å². The molecule has 0 fully saturated rings. The highest BCUT2D eigenvalue weighted by atomic mass is 16.3. The number of hydrogen-bond donors (Lipinski definition) is 2. The van der Waals surface area contributed by atoms with Crippen LogP contribution >= 0.6 is 0 Å². The number of carbonyl (C=O) groups is 2. The number of furan rings is 1. The third-order valence-corrected chi connectivity index (χ3v) is 3.77. The molecule has 0 bridgehead atoms. The molecule has 1 heterocycles. The van der Waals surface area contributed by atoms with Gasteiger partial charge in [0, 0.05) is 5.56 Å². The Labute approximate surface area is 142 Å². The molecule has 0 radical (unpaired) electrons. The van der Waals surface area contributed by atoms with Crippen molar-refractivity contribution >= 4 is 11.8 Å². The zero-order chi connectivity index (χ0) is 17.7. The van der Waals surface area contributed by atoms with Crippen LogP contribution in [0.4, 0.5) is 0 Å². The van der Waals surface area contributed by atoms with Gasteiger partial charge in [0.2, 0.25) is 5.91 Å². The molecule has 0 saturated heterocycles. The molecular formula is C19H24N2O3. The topological polar surface area (TPSA) is 71.3 Å². The van der Waals surface area contributed by atoms with Crippen molar-refractivity contribution in [2.24, 2.45) is 0 Å². The van der Waals surface area contributed by atoms with E-state index < -0.39 is 6.04 Å². The Morgan fingerprint density at radius 3 is 2.33 bits per heavy atom. The van der Waals surface area contributed by atoms with Crippen LogP contribution in [0, 0.1) is 0 Å². The van der Waals surface area contributed by atoms with Crippen LogP contribution in [0.15, 0.2) is 47.1 Å². The molecule has 0 aliphatic heterocycles. The van der Waals surface area contributed by atoms with Crippen LogP contribution in [0.5, 0.6) is 0 Å². The SMILES string of the molecule is CC(NC(=O)c1ccc(C(C)(C)C)cc1)C(=O)NCc1ccco1. The lowest BCUT2D eigenvalue weighted by atomic mass is 9.86. The summed E-state index contributed by atoms with van der Waals surface area (Å²) in [7, 11) is 0. The number of benzene rings is 1. The van der Waals surface area contributed by atoms with Gasteiger partial charge >= 0.3 is 0 Å². The van der Waals surface area contributed by atoms with Crippen LogP contribution in [0.3, 0.4) is 0 Å². The van der Waals surface area contributed by atoms with Crippen molar-refractivity contribution in [3.63, 3.8) is 0 Å². The maximum atomic E-state index is 12.2. The van der Waals surface area contributed by atoms with E-state index in [0.717, 1.165) is 5.56 Å². The van der Waals surface area contributed by atoms with Gasteiger partial charge in [-0.2, -0.15) is 0 Å². The van der Waals surface area contributed by atoms with Gasteiger partial charge in [-0.1, -0.05) is 32.9 Å². The predicted molar refractivity (Wildman–Crippen MR) is 92.6 cm³/mol. The lowest BCUT2D eigenvalue weighted by Gasteiger charge is -2.19. The van der Waals surface area contributed by atoms with E-state index in [4.69, 9.17) is 4.42 Å². The summed E-state index contributed by atoms with van der Waals surface area (Å²) in [5.74, 6) is 0.141. The molecule has 1 aromatic heterocycles. The van der Waals surface area contributed by atoms with Gasteiger partial charge in [-0.3, -0.25) is 9.59 Å². The quantitative estimate of drug-likeness (QED) is 0.886. The first kappa shape index (κ1) is 17.8. The van der Waals surface area contributed by atoms with Crippen LogP contribution in [-0.4, -0.2) is 17.9 Å². The third kappa shape index (κ3) is 4.72. The molecule has 1 aromatic carbocycles. The van der Waals surface area contributed by atoms with E-state index in [-0.39, 0.29) is 17.2 Å². The standard InChI is InChI=1S/C19H24N2O3/c1-13(17(22)20-12-16-6-5-11-24-16)21-18(23)14-7-9-15(10-8-14)19(2,3)4/h5-11,13H,12H2,1-4H3,(H,20,22)(H,21,23). The number of rotatable bonds is 5. The zero-order valence-corrected chi connectivity index (χ0v) is 14.6. The maximum Gasteiger partial charge on any atom is 0.251 e. The zero-order valence-electron chi connectivity index (χ0n) is 14.6. The second-order valence-electron chi connectivity index (χ2n) is 6.82. The van der Waals surface area contributed by atoms with Gasteiger partial charge in [-0.25, -0.2) is 0 Å². The molecule has 0 aliphatic carbocycles. The highest BCUT2D eigenvalue weighted by molar-refractivity contribution is 5.97. The minimum absolute atomic E-state index is 0.0357. The van der Waals surface area contributed by atoms with Crippen LogP contribution in [-0.2, 0) is 16.8 Å². The van der Waals surface area contributed by atoms with Gasteiger partial charge in [0.05, 0.1) is 12.8 Å². The second-order valence-corrected chi connectivity index (χ2v) is 6.82. The van der Waals surface area contributed by atoms with E-state index in [1.54, 1.807) is 37.5 Å². The largest absolute Gasteiger partial charge is 0.467 e. The first-order valence-electron chi connectivity index (χ1n) is 7.99. The smallest absolute Gasteiger partial charge is 0.251 e. The summed E-state index contributed by atoms with van der Waals surface area (Å²) in [5.41, 5.74) is 1.73. The summed E-state index contributed by atoms with van der Waals surface area (Å²) in [6.45, 7) is 8.31. The molecule has 2 N–H and O–H groups in total. The van der Waals surface area contributed by atoms with Crippen LogP contribution < -0.4 is 10.6 Å². The Hall–Kier alpha value is -2.56. The van der Waals surface area contributed by atoms with Gasteiger partial charge in [-0.15, -0.1) is 0 Å². The van der Waals surface area contributed by atoms with Crippen molar-refractivity contribution < 1.29 is 14.0 Å². The fraction of sp³-hybridized carbons (Fsp3) is 0.368. The molecule has 1 unspecified atom stereocenters. The van der Waals surface area contributed by atoms with Crippen molar-refractivity contribution in [3.05, 3.63) is 59.5 Å². The van der Waals surface area contributed by atoms with Crippen molar-refractivity contribution in [2.45, 2.75) is 45.7 Å². The summed E-state index contributed by atoms with van der Waals surface area (Å²) in [6.07, 6.45) is 1.55. The summed E-state index contributed by atoms with van der Waals surface area (Å²) in [4.78, 5) is 24.3. The lowest BCUT2D eigenvalue weighted by Crippen LogP contribution is -2.44. The molecule has 0 saturated carbocycles. The van der Waals surface area contributed by atoms with Crippen molar-refractivity contribution in [3.8, 4) is 0 Å². The van der Waals surface area contributed by atoms with Crippen LogP contribution in [0.2, 0.25) is 0 Å². The van der Waals surface area contributed by atoms with Crippen LogP contribution in [0.1, 0.15) is 49.4 Å². The normalized spacial score (nSPS) is 12.5. The number of carbonyl (C=O) groups excluding carboxylic acids is 2. The monoisotopic (exact) mass is 328 g/mol. The molecule has 24 heavy (non-hydrogen) atoms. The van der Waals surface area contributed by atoms with Gasteiger partial charge in [0.15, 0.2) is 0 Å². The van der Waals surface area contributed by atoms with Gasteiger partial charge in [-0.05, 0) is 42.2 Å². The highest BCUT2D eigenvalue weighted by Crippen LogP contribution is 2.22. The van der Waals surface area contributed by atoms with Gasteiger partial charge in [0.25, 0.3) is 5.91 Å². The Bertz CT molecular complexity index is 682. The Balaban J connectivity index is 1.89. The highest BCUT2D eigenvalue weighted by Gasteiger charge is 2.18. The fourth-order valence-electron chi connectivity index (χ4n) is 2.21. The van der Waals surface area contributed by atoms with E-state index in [0.29, 0.717) is 17.9 Å². The Morgan fingerprint density at radius 2 is 1.79 bits per heavy atom. The third-order valence-electron chi connectivity index (χ3n) is 3.77. The summed E-state index contributed by atoms with van der Waals surface area (Å²) in [5, 5.41) is 5.43. The fourth-order valence-corrected chi connectivity index (χ4v) is 2.21. The number of hydrogen-bond acceptors (Lipinski definition) is 3. The molecule has 5 heteroatoms. The maximum absolute atomic E-state index is 12.2. The minimum atomic E-state index is -0.630. The average molecular weight is 328 g/mol. The van der Waals surface area contributed by atoms with E-state index in [2.05, 4.69) is 31.4 Å². The lowest BCUT2D eigenvalue weighted by molar-refractivity contribution is -0.122. The van der Waals surface area contributed by atoms with E-state index >= 15 is 0 Å². The Morgan fingerprint density at radius 1 is 1.12 bits per heavy atom. The minimum Gasteiger partial charge on any atom is -0.467 e. The first-order valence-corrected chi connectivity index (χ1v) is 7.99.